The summed E-state index contributed by atoms with van der Waals surface area (Å²) in [6.45, 7) is 10.3. The minimum atomic E-state index is 0.442. The molecule has 3 N–H and O–H groups in total. The lowest BCUT2D eigenvalue weighted by Crippen LogP contribution is -2.37. The zero-order chi connectivity index (χ0) is 14.9. The molecule has 0 aromatic heterocycles. The summed E-state index contributed by atoms with van der Waals surface area (Å²) in [5.41, 5.74) is 6.96. The van der Waals surface area contributed by atoms with Gasteiger partial charge in [0.2, 0.25) is 0 Å². The second-order valence-electron chi connectivity index (χ2n) is 7.81. The molecule has 0 atom stereocenters. The third kappa shape index (κ3) is 6.58. The van der Waals surface area contributed by atoms with E-state index >= 15 is 0 Å². The zero-order valence-electron chi connectivity index (χ0n) is 14.3. The Morgan fingerprint density at radius 2 is 1.80 bits per heavy atom. The van der Waals surface area contributed by atoms with Crippen molar-refractivity contribution in [2.75, 3.05) is 19.6 Å². The highest BCUT2D eigenvalue weighted by Crippen LogP contribution is 2.38. The van der Waals surface area contributed by atoms with E-state index in [1.165, 1.54) is 64.2 Å². The second-order valence-corrected chi connectivity index (χ2v) is 7.81. The number of nitrogens with two attached hydrogens (primary N) is 1. The maximum atomic E-state index is 6.06. The minimum absolute atomic E-state index is 0.442. The number of hydrogen-bond donors (Lipinski definition) is 2. The van der Waals surface area contributed by atoms with Gasteiger partial charge in [-0.3, -0.25) is 0 Å². The average Bonchev–Trinajstić information content (AvgIpc) is 2.45. The van der Waals surface area contributed by atoms with Gasteiger partial charge < -0.3 is 11.1 Å². The standard InChI is InChI=1S/C18H38N2/c1-4-5-7-10-17(2,3)16-20-14-13-18(15-19)11-8-6-9-12-18/h20H,4-16,19H2,1-3H3. The fourth-order valence-corrected chi connectivity index (χ4v) is 3.58. The van der Waals surface area contributed by atoms with E-state index in [4.69, 9.17) is 5.73 Å². The Hall–Kier alpha value is -0.0800. The molecule has 0 unspecified atom stereocenters. The molecule has 0 radical (unpaired) electrons. The van der Waals surface area contributed by atoms with Crippen LogP contribution in [-0.4, -0.2) is 19.6 Å². The average molecular weight is 283 g/mol. The first-order chi connectivity index (χ1) is 9.54. The van der Waals surface area contributed by atoms with E-state index in [1.54, 1.807) is 0 Å². The molecule has 2 heteroatoms. The number of rotatable bonds is 10. The molecular formula is C18H38N2. The van der Waals surface area contributed by atoms with Crippen molar-refractivity contribution in [3.63, 3.8) is 0 Å². The smallest absolute Gasteiger partial charge is 0.000252 e. The predicted molar refractivity (Wildman–Crippen MR) is 90.0 cm³/mol. The lowest BCUT2D eigenvalue weighted by Gasteiger charge is -2.37. The number of nitrogens with one attached hydrogen (secondary N) is 1. The van der Waals surface area contributed by atoms with Crippen molar-refractivity contribution in [2.24, 2.45) is 16.6 Å². The Balaban J connectivity index is 2.19. The Kier molecular flexibility index (Phi) is 8.13. The second kappa shape index (κ2) is 9.04. The predicted octanol–water partition coefficient (Wildman–Crippen LogP) is 4.48. The first kappa shape index (κ1) is 18.0. The van der Waals surface area contributed by atoms with Crippen molar-refractivity contribution in [3.05, 3.63) is 0 Å². The fourth-order valence-electron chi connectivity index (χ4n) is 3.58. The molecule has 0 aromatic rings. The van der Waals surface area contributed by atoms with E-state index < -0.39 is 0 Å². The molecule has 2 nitrogen and oxygen atoms in total. The van der Waals surface area contributed by atoms with Crippen molar-refractivity contribution in [1.29, 1.82) is 0 Å². The topological polar surface area (TPSA) is 38.0 Å². The van der Waals surface area contributed by atoms with Crippen molar-refractivity contribution in [3.8, 4) is 0 Å². The van der Waals surface area contributed by atoms with Crippen LogP contribution in [0.1, 0.15) is 85.0 Å². The van der Waals surface area contributed by atoms with E-state index in [-0.39, 0.29) is 0 Å². The lowest BCUT2D eigenvalue weighted by atomic mass is 9.72. The van der Waals surface area contributed by atoms with Gasteiger partial charge in [0.25, 0.3) is 0 Å². The highest BCUT2D eigenvalue weighted by atomic mass is 14.9. The van der Waals surface area contributed by atoms with Gasteiger partial charge in [0.1, 0.15) is 0 Å². The third-order valence-electron chi connectivity index (χ3n) is 5.24. The molecule has 20 heavy (non-hydrogen) atoms. The highest BCUT2D eigenvalue weighted by Gasteiger charge is 2.30. The SMILES string of the molecule is CCCCCC(C)(C)CNCCC1(CN)CCCCC1. The van der Waals surface area contributed by atoms with Crippen molar-refractivity contribution >= 4 is 0 Å². The van der Waals surface area contributed by atoms with Crippen LogP contribution in [0.3, 0.4) is 0 Å². The quantitative estimate of drug-likeness (QED) is 0.580. The Labute approximate surface area is 127 Å². The summed E-state index contributed by atoms with van der Waals surface area (Å²) in [7, 11) is 0. The van der Waals surface area contributed by atoms with Crippen LogP contribution in [0.15, 0.2) is 0 Å². The van der Waals surface area contributed by atoms with Gasteiger partial charge in [0.15, 0.2) is 0 Å². The summed E-state index contributed by atoms with van der Waals surface area (Å²) in [4.78, 5) is 0. The molecule has 0 spiro atoms. The molecule has 120 valence electrons. The van der Waals surface area contributed by atoms with Crippen LogP contribution in [0.5, 0.6) is 0 Å². The molecular weight excluding hydrogens is 244 g/mol. The monoisotopic (exact) mass is 282 g/mol. The summed E-state index contributed by atoms with van der Waals surface area (Å²) in [6.07, 6.45) is 13.6. The van der Waals surface area contributed by atoms with E-state index in [0.29, 0.717) is 10.8 Å². The van der Waals surface area contributed by atoms with Crippen molar-refractivity contribution < 1.29 is 0 Å². The maximum absolute atomic E-state index is 6.06. The molecule has 1 aliphatic rings. The summed E-state index contributed by atoms with van der Waals surface area (Å²) < 4.78 is 0. The van der Waals surface area contributed by atoms with Gasteiger partial charge >= 0.3 is 0 Å². The molecule has 0 aliphatic heterocycles. The van der Waals surface area contributed by atoms with Crippen LogP contribution in [0.25, 0.3) is 0 Å². The summed E-state index contributed by atoms with van der Waals surface area (Å²) >= 11 is 0. The van der Waals surface area contributed by atoms with E-state index in [2.05, 4.69) is 26.1 Å². The summed E-state index contributed by atoms with van der Waals surface area (Å²) in [5.74, 6) is 0. The minimum Gasteiger partial charge on any atom is -0.330 e. The molecule has 1 fully saturated rings. The molecule has 0 amide bonds. The van der Waals surface area contributed by atoms with Gasteiger partial charge in [-0.2, -0.15) is 0 Å². The van der Waals surface area contributed by atoms with Crippen LogP contribution < -0.4 is 11.1 Å². The summed E-state index contributed by atoms with van der Waals surface area (Å²) in [6, 6.07) is 0. The van der Waals surface area contributed by atoms with Gasteiger partial charge in [-0.15, -0.1) is 0 Å². The van der Waals surface area contributed by atoms with Crippen LogP contribution in [0, 0.1) is 10.8 Å². The van der Waals surface area contributed by atoms with Crippen molar-refractivity contribution in [1.82, 2.24) is 5.32 Å². The molecule has 1 aliphatic carbocycles. The molecule has 0 aromatic carbocycles. The maximum Gasteiger partial charge on any atom is 0.000252 e. The summed E-state index contributed by atoms with van der Waals surface area (Å²) in [5, 5.41) is 3.70. The third-order valence-corrected chi connectivity index (χ3v) is 5.24. The van der Waals surface area contributed by atoms with Crippen LogP contribution in [0.2, 0.25) is 0 Å². The van der Waals surface area contributed by atoms with Crippen molar-refractivity contribution in [2.45, 2.75) is 85.0 Å². The van der Waals surface area contributed by atoms with Gasteiger partial charge in [-0.1, -0.05) is 59.3 Å². The molecule has 0 bridgehead atoms. The Bertz CT molecular complexity index is 242. The molecule has 0 heterocycles. The van der Waals surface area contributed by atoms with Crippen LogP contribution in [-0.2, 0) is 0 Å². The van der Waals surface area contributed by atoms with Gasteiger partial charge in [0, 0.05) is 6.54 Å². The Morgan fingerprint density at radius 3 is 2.40 bits per heavy atom. The fraction of sp³-hybridized carbons (Fsp3) is 1.00. The van der Waals surface area contributed by atoms with Gasteiger partial charge in [-0.25, -0.2) is 0 Å². The normalized spacial score (nSPS) is 19.2. The molecule has 1 rings (SSSR count). The van der Waals surface area contributed by atoms with Gasteiger partial charge in [-0.05, 0) is 49.6 Å². The molecule has 1 saturated carbocycles. The van der Waals surface area contributed by atoms with E-state index in [0.717, 1.165) is 19.6 Å². The van der Waals surface area contributed by atoms with Gasteiger partial charge in [0.05, 0.1) is 0 Å². The number of hydrogen-bond acceptors (Lipinski definition) is 2. The highest BCUT2D eigenvalue weighted by molar-refractivity contribution is 4.84. The first-order valence-corrected chi connectivity index (χ1v) is 8.94. The van der Waals surface area contributed by atoms with E-state index in [9.17, 15) is 0 Å². The lowest BCUT2D eigenvalue weighted by molar-refractivity contribution is 0.177. The Morgan fingerprint density at radius 1 is 1.10 bits per heavy atom. The largest absolute Gasteiger partial charge is 0.330 e. The van der Waals surface area contributed by atoms with Crippen LogP contribution >= 0.6 is 0 Å². The zero-order valence-corrected chi connectivity index (χ0v) is 14.3. The molecule has 0 saturated heterocycles. The number of unbranched alkanes of at least 4 members (excludes halogenated alkanes) is 2. The first-order valence-electron chi connectivity index (χ1n) is 8.94. The van der Waals surface area contributed by atoms with Crippen LogP contribution in [0.4, 0.5) is 0 Å². The van der Waals surface area contributed by atoms with E-state index in [1.807, 2.05) is 0 Å².